The molecule has 2 N–H and O–H groups in total. The lowest BCUT2D eigenvalue weighted by Gasteiger charge is -2.03. The minimum atomic E-state index is -3.01. The van der Waals surface area contributed by atoms with Crippen LogP contribution in [0.1, 0.15) is 408 Å². The highest BCUT2D eigenvalue weighted by atomic mass is 32.2. The summed E-state index contributed by atoms with van der Waals surface area (Å²) in [6.45, 7) is 89.9. The van der Waals surface area contributed by atoms with Gasteiger partial charge in [-0.05, 0) is 94.7 Å². The number of H-pyrrole nitrogens is 2. The number of sulfone groups is 2. The standard InChI is InChI=1S/2C7H10O2S.2C6H10N2.4C6H9NO.3C6H9NS.11C2H6/c1-6(2)7-3-4-10(8,9)5-7;1-6(2)7-4-3-5-10(7,8)9;2*1-5(2)6-3-7-4-8-6;1-5(2)6-3-8-4-7-6;1-5(2)6-3-7-4-8-6;1-5(2)6-3-7-8-4-6;1-5(2)6-3-4-7-8-6;1-5(2)6-3-8-4-7-6;1-5(2)6-3-7-4-8-6;1-5(2)6-3-4-7-8-6;11*1-2/h2*3-6H,1-2H3;2*3-5H,1-2H3,(H,7,8);7*3-5H,1-2H3;11*1-2H3. The minimum absolute atomic E-state index is 0.0972. The zero-order valence-electron chi connectivity index (χ0n) is 80.0. The van der Waals surface area contributed by atoms with Crippen molar-refractivity contribution in [2.45, 2.75) is 358 Å². The third-order valence-corrected chi connectivity index (χ3v) is 18.0. The lowest BCUT2D eigenvalue weighted by Crippen LogP contribution is -2.02. The highest BCUT2D eigenvalue weighted by Crippen LogP contribution is 2.24. The lowest BCUT2D eigenvalue weighted by atomic mass is 10.1. The Labute approximate surface area is 712 Å². The molecule has 9 aromatic rings. The number of aromatic amines is 2. The summed E-state index contributed by atoms with van der Waals surface area (Å²) in [5.41, 5.74) is 10.4. The van der Waals surface area contributed by atoms with E-state index in [1.807, 2.05) is 222 Å². The van der Waals surface area contributed by atoms with Crippen LogP contribution in [-0.4, -0.2) is 71.4 Å². The zero-order chi connectivity index (χ0) is 91.4. The molecule has 0 spiro atoms. The number of imidazole rings is 2. The highest BCUT2D eigenvalue weighted by Gasteiger charge is 2.20. The molecule has 24 heteroatoms. The fourth-order valence-corrected chi connectivity index (χ4v) is 10.9. The highest BCUT2D eigenvalue weighted by molar-refractivity contribution is 7.98. The number of hydrogen-bond donors (Lipinski definition) is 2. The van der Waals surface area contributed by atoms with E-state index in [0.717, 1.165) is 28.4 Å². The van der Waals surface area contributed by atoms with Crippen molar-refractivity contribution in [2.75, 3.05) is 0 Å². The first-order chi connectivity index (χ1) is 54.3. The second-order valence-corrected chi connectivity index (χ2v) is 30.1. The molecule has 0 fully saturated rings. The summed E-state index contributed by atoms with van der Waals surface area (Å²) in [6, 6.07) is 3.94. The maximum atomic E-state index is 11.0. The van der Waals surface area contributed by atoms with Crippen molar-refractivity contribution in [1.29, 1.82) is 0 Å². The van der Waals surface area contributed by atoms with Gasteiger partial charge in [0.15, 0.2) is 32.5 Å². The molecular formula is C90H169N11O8S5. The van der Waals surface area contributed by atoms with Crippen LogP contribution in [0.5, 0.6) is 0 Å². The van der Waals surface area contributed by atoms with Crippen LogP contribution in [-0.2, 0) is 19.7 Å². The van der Waals surface area contributed by atoms with Gasteiger partial charge in [-0.15, -0.1) is 22.7 Å². The van der Waals surface area contributed by atoms with E-state index in [-0.39, 0.29) is 5.92 Å². The number of aromatic nitrogens is 11. The smallest absolute Gasteiger partial charge is 0.196 e. The van der Waals surface area contributed by atoms with Gasteiger partial charge < -0.3 is 27.8 Å². The molecular weight excluding hydrogens is 1520 g/mol. The summed E-state index contributed by atoms with van der Waals surface area (Å²) < 4.78 is 66.9. The molecule has 0 aromatic carbocycles. The van der Waals surface area contributed by atoms with E-state index in [1.54, 1.807) is 96.2 Å². The largest absolute Gasteiger partial charge is 0.451 e. The Morgan fingerprint density at radius 2 is 0.921 bits per heavy atom. The monoisotopic (exact) mass is 1690 g/mol. The SMILES string of the molecule is CC.CC.CC.CC.CC.CC.CC.CC.CC.CC.CC.CC(C)C1=CC=CS1(=O)=O.CC(C)C1=CS(=O)(=O)C=C1.CC(C)c1ccno1.CC(C)c1ccns1.CC(C)c1cnc[nH]1.CC(C)c1cnc[nH]1.CC(C)c1cnco1.CC(C)c1cncs1.CC(C)c1cnoc1.CC(C)c1cocn1.CC(C)c1cscn1. The van der Waals surface area contributed by atoms with Crippen LogP contribution in [0.15, 0.2) is 173 Å². The quantitative estimate of drug-likeness (QED) is 0.122. The van der Waals surface area contributed by atoms with Gasteiger partial charge in [-0.1, -0.05) is 315 Å². The molecule has 9 aromatic heterocycles. The van der Waals surface area contributed by atoms with Crippen molar-refractivity contribution in [3.8, 4) is 0 Å². The van der Waals surface area contributed by atoms with Gasteiger partial charge in [-0.25, -0.2) is 46.1 Å². The molecule has 0 saturated heterocycles. The van der Waals surface area contributed by atoms with Gasteiger partial charge in [0.2, 0.25) is 0 Å². The summed E-state index contributed by atoms with van der Waals surface area (Å²) in [6.07, 6.45) is 27.2. The van der Waals surface area contributed by atoms with Gasteiger partial charge in [0, 0.05) is 91.0 Å². The van der Waals surface area contributed by atoms with Crippen LogP contribution in [0.4, 0.5) is 0 Å². The molecule has 2 aliphatic heterocycles. The lowest BCUT2D eigenvalue weighted by molar-refractivity contribution is 0.371. The number of nitrogens with one attached hydrogen (secondary N) is 2. The van der Waals surface area contributed by atoms with Crippen LogP contribution < -0.4 is 0 Å². The van der Waals surface area contributed by atoms with E-state index in [2.05, 4.69) is 195 Å². The number of thiazole rings is 2. The van der Waals surface area contributed by atoms with Gasteiger partial charge >= 0.3 is 0 Å². The average Bonchev–Trinajstić information content (AvgIpc) is 1.65. The van der Waals surface area contributed by atoms with E-state index in [1.165, 1.54) is 55.8 Å². The number of nitrogens with zero attached hydrogens (tertiary/aromatic N) is 9. The van der Waals surface area contributed by atoms with Gasteiger partial charge in [0.05, 0.1) is 58.6 Å². The van der Waals surface area contributed by atoms with Gasteiger partial charge in [-0.3, -0.25) is 4.98 Å². The first-order valence-electron chi connectivity index (χ1n) is 41.8. The third-order valence-electron chi connectivity index (χ3n) is 12.4. The normalized spacial score (nSPS) is 10.9. The molecule has 0 bridgehead atoms. The van der Waals surface area contributed by atoms with E-state index in [9.17, 15) is 16.8 Å². The molecule has 0 unspecified atom stereocenters. The Morgan fingerprint density at radius 3 is 1.10 bits per heavy atom. The summed E-state index contributed by atoms with van der Waals surface area (Å²) in [7, 11) is -5.99. The second-order valence-electron chi connectivity index (χ2n) is 24.1. The molecule has 2 aliphatic rings. The minimum Gasteiger partial charge on any atom is -0.451 e. The molecule has 0 amide bonds. The third kappa shape index (κ3) is 73.9. The van der Waals surface area contributed by atoms with E-state index in [4.69, 9.17) is 13.4 Å². The topological polar surface area (TPSA) is 268 Å². The zero-order valence-corrected chi connectivity index (χ0v) is 84.1. The van der Waals surface area contributed by atoms with E-state index >= 15 is 0 Å². The fourth-order valence-electron chi connectivity index (χ4n) is 6.45. The first kappa shape index (κ1) is 130. The van der Waals surface area contributed by atoms with Gasteiger partial charge in [-0.2, -0.15) is 0 Å². The Bertz CT molecular complexity index is 2940. The molecule has 0 radical (unpaired) electrons. The fraction of sp³-hybridized carbons (Fsp3) is 0.611. The molecule has 0 atom stereocenters. The molecule has 19 nitrogen and oxygen atoms in total. The Hall–Kier alpha value is -6.99. The molecule has 114 heavy (non-hydrogen) atoms. The predicted molar refractivity (Wildman–Crippen MR) is 503 cm³/mol. The van der Waals surface area contributed by atoms with Gasteiger partial charge in [0.1, 0.15) is 24.0 Å². The van der Waals surface area contributed by atoms with Crippen molar-refractivity contribution in [1.82, 2.24) is 54.6 Å². The van der Waals surface area contributed by atoms with Crippen LogP contribution in [0.3, 0.4) is 0 Å². The Kier molecular flexibility index (Phi) is 105. The number of hydrogen-bond acceptors (Lipinski definition) is 20. The van der Waals surface area contributed by atoms with Crippen molar-refractivity contribution in [3.05, 3.63) is 204 Å². The summed E-state index contributed by atoms with van der Waals surface area (Å²) in [5, 5.41) is 13.0. The van der Waals surface area contributed by atoms with Crippen molar-refractivity contribution >= 4 is 53.9 Å². The molecule has 662 valence electrons. The van der Waals surface area contributed by atoms with Crippen molar-refractivity contribution in [2.24, 2.45) is 11.8 Å². The number of allylic oxidation sites excluding steroid dienone is 5. The van der Waals surface area contributed by atoms with Crippen LogP contribution in [0, 0.1) is 11.8 Å². The van der Waals surface area contributed by atoms with Crippen LogP contribution in [0.2, 0.25) is 0 Å². The van der Waals surface area contributed by atoms with E-state index in [0.29, 0.717) is 64.1 Å². The van der Waals surface area contributed by atoms with Crippen LogP contribution in [0.25, 0.3) is 0 Å². The molecule has 11 heterocycles. The predicted octanol–water partition coefficient (Wildman–Crippen LogP) is 31.3. The maximum absolute atomic E-state index is 11.0. The number of rotatable bonds is 11. The van der Waals surface area contributed by atoms with Crippen LogP contribution >= 0.6 is 34.2 Å². The molecule has 0 aliphatic carbocycles. The molecule has 0 saturated carbocycles. The summed E-state index contributed by atoms with van der Waals surface area (Å²) >= 11 is 4.96. The Balaban J connectivity index is -0.000000111. The Morgan fingerprint density at radius 1 is 0.421 bits per heavy atom. The van der Waals surface area contributed by atoms with Crippen molar-refractivity contribution < 1.29 is 34.7 Å². The summed E-state index contributed by atoms with van der Waals surface area (Å²) in [4.78, 5) is 32.9. The number of oxazole rings is 2. The van der Waals surface area contributed by atoms with E-state index < -0.39 is 19.7 Å². The van der Waals surface area contributed by atoms with Gasteiger partial charge in [0.25, 0.3) is 0 Å². The first-order valence-corrected chi connectivity index (χ1v) is 47.5. The van der Waals surface area contributed by atoms with Crippen molar-refractivity contribution in [3.63, 3.8) is 0 Å². The maximum Gasteiger partial charge on any atom is 0.196 e. The average molecular weight is 1690 g/mol. The second kappa shape index (κ2) is 91.5. The molecule has 11 rings (SSSR count). The summed E-state index contributed by atoms with van der Waals surface area (Å²) in [5.74, 6) is 7.22.